The molecule has 166 valence electrons. The maximum Gasteiger partial charge on any atom is 0.282 e. The molecule has 2 amide bonds. The number of hydrogen-bond acceptors (Lipinski definition) is 3. The average molecular weight is 457 g/mol. The topological polar surface area (TPSA) is 40.6 Å². The van der Waals surface area contributed by atoms with E-state index in [0.717, 1.165) is 28.7 Å². The van der Waals surface area contributed by atoms with Crippen molar-refractivity contribution < 1.29 is 9.59 Å². The molecule has 0 spiro atoms. The first kappa shape index (κ1) is 21.5. The molecule has 2 heterocycles. The van der Waals surface area contributed by atoms with Crippen LogP contribution in [-0.2, 0) is 22.6 Å². The van der Waals surface area contributed by atoms with E-state index in [1.165, 1.54) is 16.0 Å². The molecule has 0 aliphatic carbocycles. The number of fused-ring (bicyclic) bond motifs is 1. The number of imide groups is 1. The summed E-state index contributed by atoms with van der Waals surface area (Å²) in [5.74, 6) is -0.607. The lowest BCUT2D eigenvalue weighted by molar-refractivity contribution is -0.120. The molecule has 0 radical (unpaired) electrons. The summed E-state index contributed by atoms with van der Waals surface area (Å²) in [5.41, 5.74) is 7.80. The first-order valence-corrected chi connectivity index (χ1v) is 11.5. The van der Waals surface area contributed by atoms with Crippen LogP contribution in [0.4, 0.5) is 5.69 Å². The average Bonchev–Trinajstić information content (AvgIpc) is 3.07. The second kappa shape index (κ2) is 8.20. The molecular weight excluding hydrogens is 432 g/mol. The summed E-state index contributed by atoms with van der Waals surface area (Å²) in [5, 5.41) is 0.529. The van der Waals surface area contributed by atoms with Crippen molar-refractivity contribution in [1.29, 1.82) is 0 Å². The van der Waals surface area contributed by atoms with Crippen molar-refractivity contribution in [2.75, 3.05) is 11.4 Å². The standard InChI is InChI=1S/C28H25ClN2O2/c1-17-8-10-21(14-19(17)3)25-26(30-13-12-20-6-4-5-7-22(20)16-30)28(33)31(27(25)32)23-11-9-18(2)24(29)15-23/h4-11,14-15H,12-13,16H2,1-3H3. The molecule has 33 heavy (non-hydrogen) atoms. The second-order valence-corrected chi connectivity index (χ2v) is 9.25. The zero-order chi connectivity index (χ0) is 23.3. The zero-order valence-electron chi connectivity index (χ0n) is 19.0. The minimum atomic E-state index is -0.308. The number of anilines is 1. The highest BCUT2D eigenvalue weighted by atomic mass is 35.5. The fourth-order valence-electron chi connectivity index (χ4n) is 4.61. The lowest BCUT2D eigenvalue weighted by Crippen LogP contribution is -2.37. The van der Waals surface area contributed by atoms with Gasteiger partial charge in [0, 0.05) is 18.1 Å². The van der Waals surface area contributed by atoms with Gasteiger partial charge in [0.25, 0.3) is 11.8 Å². The number of rotatable bonds is 3. The van der Waals surface area contributed by atoms with Gasteiger partial charge in [-0.05, 0) is 72.7 Å². The van der Waals surface area contributed by atoms with Gasteiger partial charge in [-0.2, -0.15) is 0 Å². The molecule has 3 aromatic rings. The highest BCUT2D eigenvalue weighted by Crippen LogP contribution is 2.38. The molecule has 0 fully saturated rings. The number of benzene rings is 3. The number of amides is 2. The number of nitrogens with zero attached hydrogens (tertiary/aromatic N) is 2. The van der Waals surface area contributed by atoms with Crippen molar-refractivity contribution >= 4 is 34.7 Å². The van der Waals surface area contributed by atoms with E-state index in [2.05, 4.69) is 17.0 Å². The summed E-state index contributed by atoms with van der Waals surface area (Å²) in [6.45, 7) is 7.24. The van der Waals surface area contributed by atoms with Gasteiger partial charge in [-0.15, -0.1) is 0 Å². The third-order valence-electron chi connectivity index (χ3n) is 6.72. The van der Waals surface area contributed by atoms with Gasteiger partial charge in [0.05, 0.1) is 11.3 Å². The van der Waals surface area contributed by atoms with Crippen molar-refractivity contribution in [2.24, 2.45) is 0 Å². The molecule has 5 rings (SSSR count). The maximum absolute atomic E-state index is 13.8. The molecule has 0 aromatic heterocycles. The van der Waals surface area contributed by atoms with Crippen LogP contribution in [0.3, 0.4) is 0 Å². The Kier molecular flexibility index (Phi) is 5.34. The first-order chi connectivity index (χ1) is 15.8. The minimum Gasteiger partial charge on any atom is -0.362 e. The van der Waals surface area contributed by atoms with Gasteiger partial charge < -0.3 is 4.90 Å². The van der Waals surface area contributed by atoms with E-state index < -0.39 is 0 Å². The number of aryl methyl sites for hydroxylation is 3. The molecule has 2 aliphatic heterocycles. The molecular formula is C28H25ClN2O2. The van der Waals surface area contributed by atoms with Gasteiger partial charge in [0.1, 0.15) is 5.70 Å². The summed E-state index contributed by atoms with van der Waals surface area (Å²) in [4.78, 5) is 30.9. The largest absolute Gasteiger partial charge is 0.362 e. The van der Waals surface area contributed by atoms with Crippen LogP contribution < -0.4 is 4.90 Å². The molecule has 0 N–H and O–H groups in total. The van der Waals surface area contributed by atoms with Crippen molar-refractivity contribution in [1.82, 2.24) is 4.90 Å². The van der Waals surface area contributed by atoms with E-state index in [0.29, 0.717) is 35.1 Å². The molecule has 0 saturated heterocycles. The van der Waals surface area contributed by atoms with E-state index in [9.17, 15) is 9.59 Å². The van der Waals surface area contributed by atoms with E-state index in [1.807, 2.05) is 57.2 Å². The van der Waals surface area contributed by atoms with Crippen LogP contribution in [-0.4, -0.2) is 23.3 Å². The summed E-state index contributed by atoms with van der Waals surface area (Å²) in [7, 11) is 0. The van der Waals surface area contributed by atoms with Gasteiger partial charge in [-0.1, -0.05) is 60.1 Å². The molecule has 5 heteroatoms. The molecule has 3 aromatic carbocycles. The predicted molar refractivity (Wildman–Crippen MR) is 132 cm³/mol. The normalized spacial score (nSPS) is 16.0. The maximum atomic E-state index is 13.8. The Morgan fingerprint density at radius 3 is 2.24 bits per heavy atom. The molecule has 0 bridgehead atoms. The van der Waals surface area contributed by atoms with Crippen molar-refractivity contribution in [3.63, 3.8) is 0 Å². The molecule has 0 atom stereocenters. The quantitative estimate of drug-likeness (QED) is 0.481. The molecule has 0 unspecified atom stereocenters. The summed E-state index contributed by atoms with van der Waals surface area (Å²) in [6, 6.07) is 19.5. The predicted octanol–water partition coefficient (Wildman–Crippen LogP) is 5.61. The van der Waals surface area contributed by atoms with Crippen LogP contribution in [0.1, 0.15) is 33.4 Å². The molecule has 0 saturated carbocycles. The summed E-state index contributed by atoms with van der Waals surface area (Å²) < 4.78 is 0. The Balaban J connectivity index is 1.64. The van der Waals surface area contributed by atoms with Crippen LogP contribution >= 0.6 is 11.6 Å². The van der Waals surface area contributed by atoms with Crippen LogP contribution in [0.15, 0.2) is 66.4 Å². The Bertz CT molecular complexity index is 1340. The lowest BCUT2D eigenvalue weighted by atomic mass is 9.96. The van der Waals surface area contributed by atoms with Gasteiger partial charge in [-0.25, -0.2) is 4.90 Å². The number of halogens is 1. The van der Waals surface area contributed by atoms with Crippen LogP contribution in [0.5, 0.6) is 0 Å². The smallest absolute Gasteiger partial charge is 0.282 e. The van der Waals surface area contributed by atoms with Crippen molar-refractivity contribution in [2.45, 2.75) is 33.7 Å². The lowest BCUT2D eigenvalue weighted by Gasteiger charge is -2.31. The third kappa shape index (κ3) is 3.65. The zero-order valence-corrected chi connectivity index (χ0v) is 19.7. The number of carbonyl (C=O) groups excluding carboxylic acids is 2. The van der Waals surface area contributed by atoms with E-state index in [1.54, 1.807) is 12.1 Å². The van der Waals surface area contributed by atoms with Gasteiger partial charge in [0.15, 0.2) is 0 Å². The van der Waals surface area contributed by atoms with Gasteiger partial charge in [-0.3, -0.25) is 9.59 Å². The molecule has 4 nitrogen and oxygen atoms in total. The van der Waals surface area contributed by atoms with Crippen molar-refractivity contribution in [3.8, 4) is 0 Å². The highest BCUT2D eigenvalue weighted by molar-refractivity contribution is 6.45. The fraction of sp³-hybridized carbons (Fsp3) is 0.214. The fourth-order valence-corrected chi connectivity index (χ4v) is 4.79. The number of hydrogen-bond donors (Lipinski definition) is 0. The van der Waals surface area contributed by atoms with Gasteiger partial charge >= 0.3 is 0 Å². The Hall–Kier alpha value is -3.37. The van der Waals surface area contributed by atoms with Crippen LogP contribution in [0.2, 0.25) is 5.02 Å². The minimum absolute atomic E-state index is 0.299. The SMILES string of the molecule is Cc1ccc(C2=C(N3CCc4ccccc4C3)C(=O)N(c3ccc(C)c(Cl)c3)C2=O)cc1C. The Morgan fingerprint density at radius 2 is 1.52 bits per heavy atom. The monoisotopic (exact) mass is 456 g/mol. The van der Waals surface area contributed by atoms with Crippen LogP contribution in [0, 0.1) is 20.8 Å². The number of carbonyl (C=O) groups is 2. The van der Waals surface area contributed by atoms with Gasteiger partial charge in [0.2, 0.25) is 0 Å². The Morgan fingerprint density at radius 1 is 0.788 bits per heavy atom. The Labute approximate surface area is 199 Å². The van der Waals surface area contributed by atoms with E-state index in [-0.39, 0.29) is 11.8 Å². The van der Waals surface area contributed by atoms with E-state index in [4.69, 9.17) is 11.6 Å². The van der Waals surface area contributed by atoms with Crippen LogP contribution in [0.25, 0.3) is 5.57 Å². The highest BCUT2D eigenvalue weighted by Gasteiger charge is 2.43. The van der Waals surface area contributed by atoms with E-state index >= 15 is 0 Å². The summed E-state index contributed by atoms with van der Waals surface area (Å²) in [6.07, 6.45) is 0.831. The summed E-state index contributed by atoms with van der Waals surface area (Å²) >= 11 is 6.35. The van der Waals surface area contributed by atoms with Crippen molar-refractivity contribution in [3.05, 3.63) is 105 Å². The first-order valence-electron chi connectivity index (χ1n) is 11.1. The molecule has 2 aliphatic rings. The second-order valence-electron chi connectivity index (χ2n) is 8.84. The third-order valence-corrected chi connectivity index (χ3v) is 7.12.